The van der Waals surface area contributed by atoms with Gasteiger partial charge in [0.1, 0.15) is 0 Å². The van der Waals surface area contributed by atoms with Crippen LogP contribution in [0.5, 0.6) is 0 Å². The number of allylic oxidation sites excluding steroid dienone is 1. The maximum Gasteiger partial charge on any atom is 0.0743 e. The highest BCUT2D eigenvalue weighted by atomic mass is 15.5. The SMILES string of the molecule is C=C.C=C(NC1(C)CCCC1)c1ccc2c(C3CCCCC3)c(-c3ccccc3)n(N(C)C)c2c1CCCC.C=CNc1ccc(/C=C/CC)cc1. The van der Waals surface area contributed by atoms with Gasteiger partial charge in [-0.15, -0.1) is 13.2 Å². The molecule has 2 aliphatic rings. The monoisotopic (exact) mass is 699 g/mol. The Labute approximate surface area is 316 Å². The van der Waals surface area contributed by atoms with Crippen molar-refractivity contribution in [2.75, 3.05) is 24.4 Å². The summed E-state index contributed by atoms with van der Waals surface area (Å²) in [4.78, 5) is 0. The fraction of sp³-hybridized carbons (Fsp3) is 0.417. The highest BCUT2D eigenvalue weighted by molar-refractivity contribution is 5.97. The molecule has 1 heterocycles. The summed E-state index contributed by atoms with van der Waals surface area (Å²) in [6, 6.07) is 24.2. The van der Waals surface area contributed by atoms with Crippen molar-refractivity contribution in [3.05, 3.63) is 128 Å². The number of aryl methyl sites for hydroxylation is 1. The van der Waals surface area contributed by atoms with Gasteiger partial charge >= 0.3 is 0 Å². The van der Waals surface area contributed by atoms with Gasteiger partial charge in [0.25, 0.3) is 0 Å². The van der Waals surface area contributed by atoms with Crippen molar-refractivity contribution < 1.29 is 0 Å². The quantitative estimate of drug-likeness (QED) is 0.136. The number of anilines is 1. The molecule has 3 aromatic carbocycles. The van der Waals surface area contributed by atoms with Crippen molar-refractivity contribution >= 4 is 28.4 Å². The predicted molar refractivity (Wildman–Crippen MR) is 232 cm³/mol. The molecule has 0 bridgehead atoms. The maximum atomic E-state index is 4.63. The second kappa shape index (κ2) is 20.0. The van der Waals surface area contributed by atoms with Crippen LogP contribution in [0.25, 0.3) is 33.9 Å². The summed E-state index contributed by atoms with van der Waals surface area (Å²) in [6.07, 6.45) is 22.2. The van der Waals surface area contributed by atoms with Gasteiger partial charge in [-0.05, 0) is 92.8 Å². The number of hydrogen-bond acceptors (Lipinski definition) is 3. The summed E-state index contributed by atoms with van der Waals surface area (Å²) in [7, 11) is 4.42. The van der Waals surface area contributed by atoms with Crippen LogP contribution >= 0.6 is 0 Å². The molecule has 4 nitrogen and oxygen atoms in total. The van der Waals surface area contributed by atoms with Gasteiger partial charge in [-0.2, -0.15) is 0 Å². The van der Waals surface area contributed by atoms with Crippen LogP contribution in [0.4, 0.5) is 5.69 Å². The minimum absolute atomic E-state index is 0.167. The van der Waals surface area contributed by atoms with Crippen LogP contribution in [0, 0.1) is 0 Å². The molecule has 0 amide bonds. The molecule has 278 valence electrons. The zero-order valence-electron chi connectivity index (χ0n) is 33.1. The van der Waals surface area contributed by atoms with Crippen molar-refractivity contribution in [3.63, 3.8) is 0 Å². The molecule has 2 fully saturated rings. The Morgan fingerprint density at radius 2 is 1.58 bits per heavy atom. The van der Waals surface area contributed by atoms with Crippen molar-refractivity contribution in [2.24, 2.45) is 0 Å². The average molecular weight is 699 g/mol. The molecule has 4 heteroatoms. The summed E-state index contributed by atoms with van der Waals surface area (Å²) < 4.78 is 2.54. The topological polar surface area (TPSA) is 32.2 Å². The average Bonchev–Trinajstić information content (AvgIpc) is 3.77. The third-order valence-electron chi connectivity index (χ3n) is 10.7. The fourth-order valence-electron chi connectivity index (χ4n) is 8.19. The minimum atomic E-state index is 0.167. The van der Waals surface area contributed by atoms with E-state index in [-0.39, 0.29) is 5.54 Å². The van der Waals surface area contributed by atoms with E-state index < -0.39 is 0 Å². The normalized spacial score (nSPS) is 15.3. The lowest BCUT2D eigenvalue weighted by Gasteiger charge is -2.29. The fourth-order valence-corrected chi connectivity index (χ4v) is 8.19. The van der Waals surface area contributed by atoms with Gasteiger partial charge in [0.2, 0.25) is 0 Å². The van der Waals surface area contributed by atoms with E-state index in [0.29, 0.717) is 5.92 Å². The molecule has 2 aliphatic carbocycles. The first kappa shape index (κ1) is 40.3. The Balaban J connectivity index is 0.000000340. The van der Waals surface area contributed by atoms with Crippen molar-refractivity contribution in [1.29, 1.82) is 0 Å². The van der Waals surface area contributed by atoms with Gasteiger partial charge in [-0.25, -0.2) is 0 Å². The van der Waals surface area contributed by atoms with Gasteiger partial charge in [0, 0.05) is 47.5 Å². The van der Waals surface area contributed by atoms with Gasteiger partial charge in [-0.1, -0.05) is 132 Å². The lowest BCUT2D eigenvalue weighted by Crippen LogP contribution is -2.38. The molecule has 0 spiro atoms. The molecule has 0 radical (unpaired) electrons. The van der Waals surface area contributed by atoms with E-state index in [2.05, 4.69) is 148 Å². The van der Waals surface area contributed by atoms with Crippen LogP contribution in [-0.2, 0) is 6.42 Å². The molecule has 6 rings (SSSR count). The van der Waals surface area contributed by atoms with E-state index in [4.69, 9.17) is 0 Å². The second-order valence-corrected chi connectivity index (χ2v) is 14.9. The lowest BCUT2D eigenvalue weighted by molar-refractivity contribution is 0.424. The zero-order valence-corrected chi connectivity index (χ0v) is 33.1. The molecule has 1 aromatic heterocycles. The third kappa shape index (κ3) is 9.91. The molecule has 0 saturated heterocycles. The third-order valence-corrected chi connectivity index (χ3v) is 10.7. The highest BCUT2D eigenvalue weighted by Crippen LogP contribution is 2.46. The number of fused-ring (bicyclic) bond motifs is 1. The van der Waals surface area contributed by atoms with Crippen LogP contribution in [-0.4, -0.2) is 24.3 Å². The van der Waals surface area contributed by atoms with Gasteiger partial charge in [0.05, 0.1) is 11.2 Å². The Bertz CT molecular complexity index is 1730. The van der Waals surface area contributed by atoms with Crippen molar-refractivity contribution in [2.45, 2.75) is 116 Å². The first-order chi connectivity index (χ1) is 25.3. The summed E-state index contributed by atoms with van der Waals surface area (Å²) in [5.74, 6) is 0.622. The minimum Gasteiger partial charge on any atom is -0.380 e. The number of nitrogens with one attached hydrogen (secondary N) is 2. The van der Waals surface area contributed by atoms with Gasteiger partial charge < -0.3 is 15.6 Å². The summed E-state index contributed by atoms with van der Waals surface area (Å²) in [6.45, 7) is 21.0. The first-order valence-corrected chi connectivity index (χ1v) is 19.8. The summed E-state index contributed by atoms with van der Waals surface area (Å²) in [5.41, 5.74) is 12.0. The molecular formula is C48H66N4. The Hall–Kier alpha value is -4.44. The predicted octanol–water partition coefficient (Wildman–Crippen LogP) is 13.3. The largest absolute Gasteiger partial charge is 0.380 e. The number of rotatable bonds is 13. The van der Waals surface area contributed by atoms with Crippen molar-refractivity contribution in [1.82, 2.24) is 9.99 Å². The standard InChI is InChI=1S/C34H47N3.C12H15N.C2H4/c1-6-7-20-29-28(25(2)35-34(3)23-14-15-24-34)21-22-30-31(26-16-10-8-11-17-26)32(27-18-12-9-13-19-27)37(33(29)30)36(4)5;1-3-5-6-11-7-9-12(10-8-11)13-4-2;1-2/h9,12-13,18-19,21-22,26,35H,2,6-8,10-11,14-17,20,23-24H2,1,3-5H3;4-10,13H,2-3H2,1H3;1-2H2/b;6-5+;. The van der Waals surface area contributed by atoms with Crippen LogP contribution in [0.2, 0.25) is 0 Å². The van der Waals surface area contributed by atoms with E-state index in [9.17, 15) is 0 Å². The van der Waals surface area contributed by atoms with E-state index in [1.807, 2.05) is 12.1 Å². The van der Waals surface area contributed by atoms with Gasteiger partial charge in [0.15, 0.2) is 0 Å². The molecular weight excluding hydrogens is 633 g/mol. The number of nitrogens with zero attached hydrogens (tertiary/aromatic N) is 2. The number of hydrogen-bond donors (Lipinski definition) is 2. The molecule has 4 aromatic rings. The Morgan fingerprint density at radius 3 is 2.17 bits per heavy atom. The zero-order chi connectivity index (χ0) is 37.5. The molecule has 0 unspecified atom stereocenters. The smallest absolute Gasteiger partial charge is 0.0743 e. The molecule has 2 saturated carbocycles. The lowest BCUT2D eigenvalue weighted by atomic mass is 9.81. The summed E-state index contributed by atoms with van der Waals surface area (Å²) in [5, 5.41) is 10.7. The van der Waals surface area contributed by atoms with Crippen LogP contribution in [0.15, 0.2) is 105 Å². The summed E-state index contributed by atoms with van der Waals surface area (Å²) >= 11 is 0. The number of unbranched alkanes of at least 4 members (excludes halogenated alkanes) is 1. The van der Waals surface area contributed by atoms with E-state index >= 15 is 0 Å². The molecule has 52 heavy (non-hydrogen) atoms. The van der Waals surface area contributed by atoms with E-state index in [1.54, 1.807) is 11.8 Å². The maximum absolute atomic E-state index is 4.63. The highest BCUT2D eigenvalue weighted by Gasteiger charge is 2.32. The van der Waals surface area contributed by atoms with Crippen LogP contribution in [0.3, 0.4) is 0 Å². The number of aromatic nitrogens is 1. The van der Waals surface area contributed by atoms with Gasteiger partial charge in [-0.3, -0.25) is 4.68 Å². The van der Waals surface area contributed by atoms with E-state index in [0.717, 1.165) is 24.2 Å². The van der Waals surface area contributed by atoms with Crippen LogP contribution < -0.4 is 15.6 Å². The Kier molecular flexibility index (Phi) is 15.5. The number of benzene rings is 3. The molecule has 0 aliphatic heterocycles. The van der Waals surface area contributed by atoms with Crippen molar-refractivity contribution in [3.8, 4) is 11.3 Å². The second-order valence-electron chi connectivity index (χ2n) is 14.9. The Morgan fingerprint density at radius 1 is 0.904 bits per heavy atom. The molecule has 2 N–H and O–H groups in total. The molecule has 0 atom stereocenters. The van der Waals surface area contributed by atoms with E-state index in [1.165, 1.54) is 109 Å². The first-order valence-electron chi connectivity index (χ1n) is 19.8. The van der Waals surface area contributed by atoms with Crippen LogP contribution in [0.1, 0.15) is 126 Å².